The third kappa shape index (κ3) is 4.64. The summed E-state index contributed by atoms with van der Waals surface area (Å²) in [6.07, 6.45) is -16.8. The molecule has 0 aromatic carbocycles. The Balaban J connectivity index is 2.83. The van der Waals surface area contributed by atoms with Crippen molar-refractivity contribution in [1.29, 1.82) is 0 Å². The van der Waals surface area contributed by atoms with Gasteiger partial charge in [-0.25, -0.2) is 4.79 Å². The van der Waals surface area contributed by atoms with Crippen molar-refractivity contribution in [2.75, 3.05) is 13.2 Å². The molecule has 0 aliphatic carbocycles. The van der Waals surface area contributed by atoms with Crippen molar-refractivity contribution >= 4 is 17.8 Å². The zero-order chi connectivity index (χ0) is 29.6. The first-order valence-electron chi connectivity index (χ1n) is 10.9. The smallest absolute Gasteiger partial charge is 0.339 e. The lowest BCUT2D eigenvalue weighted by Gasteiger charge is -2.59. The summed E-state index contributed by atoms with van der Waals surface area (Å²) < 4.78 is 9.75. The quantitative estimate of drug-likeness (QED) is 0.122. The Morgan fingerprint density at radius 1 is 0.789 bits per heavy atom. The van der Waals surface area contributed by atoms with Crippen molar-refractivity contribution < 1.29 is 85.1 Å². The molecule has 2 heterocycles. The molecular formula is C19H32N2O17. The lowest BCUT2D eigenvalue weighted by Crippen LogP contribution is -2.88. The summed E-state index contributed by atoms with van der Waals surface area (Å²) in [6, 6.07) is 0. The second-order valence-corrected chi connectivity index (χ2v) is 9.23. The molecule has 2 rings (SSSR count). The molecule has 2 fully saturated rings. The van der Waals surface area contributed by atoms with E-state index in [-0.39, 0.29) is 0 Å². The number of amides is 2. The first kappa shape index (κ1) is 32.1. The molecule has 2 saturated heterocycles. The van der Waals surface area contributed by atoms with Crippen molar-refractivity contribution in [2.45, 2.75) is 85.5 Å². The lowest BCUT2D eigenvalue weighted by atomic mass is 9.64. The Morgan fingerprint density at radius 3 is 1.58 bits per heavy atom. The second kappa shape index (κ2) is 10.5. The zero-order valence-corrected chi connectivity index (χ0v) is 20.0. The predicted octanol–water partition coefficient (Wildman–Crippen LogP) is -8.56. The van der Waals surface area contributed by atoms with E-state index in [9.17, 15) is 75.7 Å². The van der Waals surface area contributed by atoms with Gasteiger partial charge in [0.2, 0.25) is 23.0 Å². The van der Waals surface area contributed by atoms with Crippen LogP contribution in [0.15, 0.2) is 0 Å². The Bertz CT molecular complexity index is 939. The molecule has 2 aliphatic heterocycles. The van der Waals surface area contributed by atoms with Crippen LogP contribution >= 0.6 is 0 Å². The van der Waals surface area contributed by atoms with Crippen LogP contribution in [0.5, 0.6) is 0 Å². The van der Waals surface area contributed by atoms with Gasteiger partial charge in [0.1, 0.15) is 36.6 Å². The minimum Gasteiger partial charge on any atom is -0.479 e. The van der Waals surface area contributed by atoms with E-state index in [0.717, 1.165) is 6.92 Å². The molecule has 220 valence electrons. The van der Waals surface area contributed by atoms with Gasteiger partial charge < -0.3 is 81.4 Å². The maximum absolute atomic E-state index is 12.4. The number of nitrogens with one attached hydrogen (secondary N) is 2. The van der Waals surface area contributed by atoms with Crippen LogP contribution in [0, 0.1) is 0 Å². The molecule has 19 nitrogen and oxygen atoms in total. The van der Waals surface area contributed by atoms with Gasteiger partial charge in [-0.1, -0.05) is 0 Å². The fourth-order valence-corrected chi connectivity index (χ4v) is 4.65. The number of carboxylic acids is 1. The molecule has 2 amide bonds. The van der Waals surface area contributed by atoms with Gasteiger partial charge in [0, 0.05) is 20.3 Å². The van der Waals surface area contributed by atoms with Crippen molar-refractivity contribution in [3.63, 3.8) is 0 Å². The van der Waals surface area contributed by atoms with Gasteiger partial charge in [-0.3, -0.25) is 9.59 Å². The third-order valence-electron chi connectivity index (χ3n) is 6.63. The first-order chi connectivity index (χ1) is 17.2. The number of aliphatic hydroxyl groups excluding tert-OH is 6. The summed E-state index contributed by atoms with van der Waals surface area (Å²) in [4.78, 5) is 35.9. The van der Waals surface area contributed by atoms with Gasteiger partial charge in [0.15, 0.2) is 5.60 Å². The number of rotatable bonds is 8. The number of aliphatic hydroxyl groups is 11. The summed E-state index contributed by atoms with van der Waals surface area (Å²) in [5, 5.41) is 130. The van der Waals surface area contributed by atoms with Crippen LogP contribution in [0.4, 0.5) is 0 Å². The average molecular weight is 560 g/mol. The monoisotopic (exact) mass is 560 g/mol. The van der Waals surface area contributed by atoms with Gasteiger partial charge in [-0.15, -0.1) is 0 Å². The maximum atomic E-state index is 12.4. The molecule has 0 saturated carbocycles. The van der Waals surface area contributed by atoms with Crippen LogP contribution in [-0.2, 0) is 23.9 Å². The maximum Gasteiger partial charge on any atom is 0.339 e. The van der Waals surface area contributed by atoms with E-state index in [2.05, 4.69) is 0 Å². The molecule has 3 unspecified atom stereocenters. The second-order valence-electron chi connectivity index (χ2n) is 9.23. The van der Waals surface area contributed by atoms with Gasteiger partial charge in [-0.2, -0.15) is 0 Å². The first-order valence-corrected chi connectivity index (χ1v) is 10.9. The summed E-state index contributed by atoms with van der Waals surface area (Å²) >= 11 is 0. The van der Waals surface area contributed by atoms with E-state index in [1.807, 2.05) is 0 Å². The molecule has 0 aromatic rings. The summed E-state index contributed by atoms with van der Waals surface area (Å²) in [6.45, 7) is -0.911. The van der Waals surface area contributed by atoms with E-state index < -0.39 is 103 Å². The van der Waals surface area contributed by atoms with Crippen molar-refractivity contribution in [3.8, 4) is 0 Å². The molecule has 0 bridgehead atoms. The van der Waals surface area contributed by atoms with E-state index in [1.54, 1.807) is 5.32 Å². The third-order valence-corrected chi connectivity index (χ3v) is 6.63. The van der Waals surface area contributed by atoms with Crippen LogP contribution < -0.4 is 10.6 Å². The minimum atomic E-state index is -4.30. The largest absolute Gasteiger partial charge is 0.479 e. The summed E-state index contributed by atoms with van der Waals surface area (Å²) in [7, 11) is 0. The van der Waals surface area contributed by atoms with Crippen LogP contribution in [0.1, 0.15) is 20.3 Å². The molecule has 38 heavy (non-hydrogen) atoms. The number of hydrogen-bond donors (Lipinski definition) is 14. The van der Waals surface area contributed by atoms with Crippen molar-refractivity contribution in [1.82, 2.24) is 10.6 Å². The Labute approximate surface area is 213 Å². The highest BCUT2D eigenvalue weighted by molar-refractivity contribution is 5.81. The molecule has 0 spiro atoms. The van der Waals surface area contributed by atoms with Crippen molar-refractivity contribution in [2.24, 2.45) is 0 Å². The fraction of sp³-hybridized carbons (Fsp3) is 0.842. The highest BCUT2D eigenvalue weighted by atomic mass is 16.7. The predicted molar refractivity (Wildman–Crippen MR) is 113 cm³/mol. The normalized spacial score (nSPS) is 45.1. The van der Waals surface area contributed by atoms with Crippen LogP contribution in [0.25, 0.3) is 0 Å². The van der Waals surface area contributed by atoms with Gasteiger partial charge in [0.05, 0.1) is 13.2 Å². The molecule has 11 atom stereocenters. The lowest BCUT2D eigenvalue weighted by molar-refractivity contribution is -0.440. The van der Waals surface area contributed by atoms with Crippen LogP contribution in [0.2, 0.25) is 0 Å². The molecule has 0 radical (unpaired) electrons. The van der Waals surface area contributed by atoms with E-state index in [4.69, 9.17) is 9.47 Å². The minimum absolute atomic E-state index is 0.695. The highest BCUT2D eigenvalue weighted by Gasteiger charge is 2.79. The van der Waals surface area contributed by atoms with Gasteiger partial charge in [-0.05, 0) is 0 Å². The van der Waals surface area contributed by atoms with Crippen LogP contribution in [0.3, 0.4) is 0 Å². The van der Waals surface area contributed by atoms with E-state index in [1.165, 1.54) is 5.32 Å². The molecular weight excluding hydrogens is 528 g/mol. The Hall–Kier alpha value is -2.11. The zero-order valence-electron chi connectivity index (χ0n) is 20.0. The number of carbonyl (C=O) groups is 3. The number of ether oxygens (including phenoxy) is 2. The number of hydrogen-bond acceptors (Lipinski definition) is 16. The summed E-state index contributed by atoms with van der Waals surface area (Å²) in [5.41, 5.74) is -12.3. The van der Waals surface area contributed by atoms with Gasteiger partial charge in [0.25, 0.3) is 11.8 Å². The molecule has 19 heteroatoms. The summed E-state index contributed by atoms with van der Waals surface area (Å²) in [5.74, 6) is -12.7. The number of carbonyl (C=O) groups excluding carboxylic acids is 2. The number of aliphatic carboxylic acids is 1. The highest BCUT2D eigenvalue weighted by Crippen LogP contribution is 2.49. The SMILES string of the molecule is CC(=O)NC1(O)O[C@H](CO)[C@@H](O)[C@H](O)[C@@]1(O)C(O)(C[C@@]1(O)[C@@H](O)[C@H](O)[C@@H](CO)OC1(O)NC(C)=O)C(=O)O. The van der Waals surface area contributed by atoms with Gasteiger partial charge >= 0.3 is 5.97 Å². The molecule has 2 aliphatic rings. The standard InChI is InChI=1S/C19H32N2O17/c1-6(24)20-18(35)15(32,12(28)10(26)8(3-22)37-18)5-16(33,14(30)31)17(34)13(29)11(27)9(4-23)38-19(17,36)21-7(2)25/h8-13,22-23,26-29,32-36H,3-5H2,1-2H3,(H,20,24)(H,21,25)(H,30,31)/t8-,9-,10-,11-,12+,13+,15-,16?,17-,18?,19?/m1/s1. The average Bonchev–Trinajstić information content (AvgIpc) is 2.80. The van der Waals surface area contributed by atoms with E-state index >= 15 is 0 Å². The fourth-order valence-electron chi connectivity index (χ4n) is 4.65. The Kier molecular flexibility index (Phi) is 8.84. The number of carboxylic acid groups (broad SMARTS) is 1. The topological polar surface area (TPSA) is 336 Å². The Morgan fingerprint density at radius 2 is 1.18 bits per heavy atom. The van der Waals surface area contributed by atoms with Crippen LogP contribution in [-0.4, -0.2) is 158 Å². The molecule has 14 N–H and O–H groups in total. The van der Waals surface area contributed by atoms with E-state index in [0.29, 0.717) is 6.92 Å². The van der Waals surface area contributed by atoms with Crippen molar-refractivity contribution in [3.05, 3.63) is 0 Å². The molecule has 0 aromatic heterocycles.